The number of hydrogen-bond acceptors (Lipinski definition) is 1. The number of rotatable bonds is 4. The molecule has 0 bridgehead atoms. The van der Waals surface area contributed by atoms with Crippen LogP contribution in [0.15, 0.2) is 30.4 Å². The van der Waals surface area contributed by atoms with E-state index in [1.807, 2.05) is 19.1 Å². The molecule has 0 saturated carbocycles. The summed E-state index contributed by atoms with van der Waals surface area (Å²) in [6.45, 7) is 2.34. The summed E-state index contributed by atoms with van der Waals surface area (Å²) < 4.78 is 25.8. The second kappa shape index (κ2) is 6.62. The molecule has 1 aromatic rings. The van der Waals surface area contributed by atoms with Crippen molar-refractivity contribution in [2.45, 2.75) is 13.3 Å². The monoisotopic (exact) mass is 240 g/mol. The standard InChI is InChI=1S/C12H14F2N2O/c1-2-3-4-7-15-12(17)16-11-6-5-9(13)8-10(11)14/h2-3,5-6,8H,4,7H2,1H3,(H2,15,16,17)/b3-2+. The summed E-state index contributed by atoms with van der Waals surface area (Å²) in [5.41, 5.74) is -0.0464. The van der Waals surface area contributed by atoms with Gasteiger partial charge in [0, 0.05) is 12.6 Å². The first-order valence-electron chi connectivity index (χ1n) is 5.24. The Kier molecular flexibility index (Phi) is 5.13. The Hall–Kier alpha value is -1.91. The Morgan fingerprint density at radius 3 is 2.82 bits per heavy atom. The van der Waals surface area contributed by atoms with Gasteiger partial charge in [-0.05, 0) is 25.5 Å². The third-order valence-electron chi connectivity index (χ3n) is 2.01. The predicted octanol–water partition coefficient (Wildman–Crippen LogP) is 3.05. The van der Waals surface area contributed by atoms with E-state index in [0.717, 1.165) is 12.1 Å². The van der Waals surface area contributed by atoms with Crippen LogP contribution in [0.3, 0.4) is 0 Å². The molecule has 92 valence electrons. The highest BCUT2D eigenvalue weighted by atomic mass is 19.1. The second-order valence-electron chi connectivity index (χ2n) is 3.36. The first kappa shape index (κ1) is 13.2. The minimum atomic E-state index is -0.798. The Bertz CT molecular complexity index is 419. The Balaban J connectivity index is 2.45. The predicted molar refractivity (Wildman–Crippen MR) is 62.8 cm³/mol. The van der Waals surface area contributed by atoms with Crippen LogP contribution in [0, 0.1) is 11.6 Å². The van der Waals surface area contributed by atoms with Gasteiger partial charge in [0.15, 0.2) is 0 Å². The van der Waals surface area contributed by atoms with Crippen LogP contribution in [0.2, 0.25) is 0 Å². The van der Waals surface area contributed by atoms with Crippen molar-refractivity contribution in [1.82, 2.24) is 5.32 Å². The van der Waals surface area contributed by atoms with E-state index in [-0.39, 0.29) is 5.69 Å². The zero-order chi connectivity index (χ0) is 12.7. The first-order valence-corrected chi connectivity index (χ1v) is 5.24. The van der Waals surface area contributed by atoms with E-state index in [9.17, 15) is 13.6 Å². The van der Waals surface area contributed by atoms with Crippen LogP contribution in [0.25, 0.3) is 0 Å². The number of anilines is 1. The fourth-order valence-corrected chi connectivity index (χ4v) is 1.19. The summed E-state index contributed by atoms with van der Waals surface area (Å²) in [7, 11) is 0. The molecule has 2 N–H and O–H groups in total. The molecule has 0 aliphatic rings. The number of halogens is 2. The van der Waals surface area contributed by atoms with Gasteiger partial charge < -0.3 is 10.6 Å². The van der Waals surface area contributed by atoms with Gasteiger partial charge in [0.05, 0.1) is 5.69 Å². The van der Waals surface area contributed by atoms with Crippen LogP contribution >= 0.6 is 0 Å². The van der Waals surface area contributed by atoms with Crippen molar-refractivity contribution in [3.8, 4) is 0 Å². The van der Waals surface area contributed by atoms with Gasteiger partial charge in [-0.25, -0.2) is 13.6 Å². The molecule has 0 aliphatic carbocycles. The lowest BCUT2D eigenvalue weighted by Gasteiger charge is -2.07. The number of allylic oxidation sites excluding steroid dienone is 1. The van der Waals surface area contributed by atoms with Crippen molar-refractivity contribution in [3.05, 3.63) is 42.0 Å². The van der Waals surface area contributed by atoms with Gasteiger partial charge in [-0.3, -0.25) is 0 Å². The molecule has 0 aromatic heterocycles. The van der Waals surface area contributed by atoms with Crippen molar-refractivity contribution in [2.24, 2.45) is 0 Å². The van der Waals surface area contributed by atoms with Gasteiger partial charge in [-0.2, -0.15) is 0 Å². The number of hydrogen-bond donors (Lipinski definition) is 2. The van der Waals surface area contributed by atoms with Crippen molar-refractivity contribution >= 4 is 11.7 Å². The van der Waals surface area contributed by atoms with Crippen molar-refractivity contribution in [2.75, 3.05) is 11.9 Å². The number of urea groups is 1. The van der Waals surface area contributed by atoms with Gasteiger partial charge in [0.1, 0.15) is 11.6 Å². The fraction of sp³-hybridized carbons (Fsp3) is 0.250. The molecule has 3 nitrogen and oxygen atoms in total. The summed E-state index contributed by atoms with van der Waals surface area (Å²) in [5, 5.41) is 4.84. The van der Waals surface area contributed by atoms with Crippen molar-refractivity contribution in [1.29, 1.82) is 0 Å². The molecule has 17 heavy (non-hydrogen) atoms. The maximum atomic E-state index is 13.2. The normalized spacial score (nSPS) is 10.5. The molecule has 0 aliphatic heterocycles. The lowest BCUT2D eigenvalue weighted by Crippen LogP contribution is -2.29. The number of nitrogens with one attached hydrogen (secondary N) is 2. The van der Waals surface area contributed by atoms with E-state index >= 15 is 0 Å². The SMILES string of the molecule is C/C=C/CCNC(=O)Nc1ccc(F)cc1F. The van der Waals surface area contributed by atoms with Crippen LogP contribution < -0.4 is 10.6 Å². The highest BCUT2D eigenvalue weighted by molar-refractivity contribution is 5.89. The molecule has 2 amide bonds. The third kappa shape index (κ3) is 4.63. The van der Waals surface area contributed by atoms with Crippen LogP contribution in [0.4, 0.5) is 19.3 Å². The van der Waals surface area contributed by atoms with E-state index in [1.54, 1.807) is 0 Å². The topological polar surface area (TPSA) is 41.1 Å². The van der Waals surface area contributed by atoms with E-state index in [2.05, 4.69) is 10.6 Å². The molecule has 0 fully saturated rings. The largest absolute Gasteiger partial charge is 0.338 e. The smallest absolute Gasteiger partial charge is 0.319 e. The minimum Gasteiger partial charge on any atom is -0.338 e. The number of carbonyl (C=O) groups is 1. The van der Waals surface area contributed by atoms with Crippen LogP contribution in [0.1, 0.15) is 13.3 Å². The minimum absolute atomic E-state index is 0.0464. The lowest BCUT2D eigenvalue weighted by molar-refractivity contribution is 0.252. The van der Waals surface area contributed by atoms with E-state index in [1.165, 1.54) is 6.07 Å². The number of carbonyl (C=O) groups excluding carboxylic acids is 1. The van der Waals surface area contributed by atoms with Gasteiger partial charge in [0.25, 0.3) is 0 Å². The van der Waals surface area contributed by atoms with Crippen LogP contribution in [0.5, 0.6) is 0 Å². The fourth-order valence-electron chi connectivity index (χ4n) is 1.19. The highest BCUT2D eigenvalue weighted by Crippen LogP contribution is 2.14. The first-order chi connectivity index (χ1) is 8.13. The molecule has 0 atom stereocenters. The Labute approximate surface area is 98.5 Å². The number of benzene rings is 1. The van der Waals surface area contributed by atoms with Crippen molar-refractivity contribution < 1.29 is 13.6 Å². The van der Waals surface area contributed by atoms with Crippen LogP contribution in [-0.4, -0.2) is 12.6 Å². The molecule has 0 unspecified atom stereocenters. The van der Waals surface area contributed by atoms with Gasteiger partial charge in [0.2, 0.25) is 0 Å². The Morgan fingerprint density at radius 1 is 1.41 bits per heavy atom. The molecule has 0 saturated heterocycles. The van der Waals surface area contributed by atoms with Gasteiger partial charge in [-0.1, -0.05) is 12.2 Å². The maximum absolute atomic E-state index is 13.2. The summed E-state index contributed by atoms with van der Waals surface area (Å²) >= 11 is 0. The van der Waals surface area contributed by atoms with Crippen LogP contribution in [-0.2, 0) is 0 Å². The second-order valence-corrected chi connectivity index (χ2v) is 3.36. The molecule has 0 spiro atoms. The van der Waals surface area contributed by atoms with Gasteiger partial charge in [-0.15, -0.1) is 0 Å². The average Bonchev–Trinajstić information content (AvgIpc) is 2.28. The Morgan fingerprint density at radius 2 is 2.18 bits per heavy atom. The summed E-state index contributed by atoms with van der Waals surface area (Å²) in [6, 6.07) is 2.46. The van der Waals surface area contributed by atoms with Gasteiger partial charge >= 0.3 is 6.03 Å². The van der Waals surface area contributed by atoms with E-state index in [4.69, 9.17) is 0 Å². The molecule has 1 aromatic carbocycles. The zero-order valence-electron chi connectivity index (χ0n) is 9.47. The lowest BCUT2D eigenvalue weighted by atomic mass is 10.3. The molecular weight excluding hydrogens is 226 g/mol. The molecule has 0 radical (unpaired) electrons. The van der Waals surface area contributed by atoms with Crippen molar-refractivity contribution in [3.63, 3.8) is 0 Å². The molecule has 5 heteroatoms. The molecular formula is C12H14F2N2O. The highest BCUT2D eigenvalue weighted by Gasteiger charge is 2.06. The summed E-state index contributed by atoms with van der Waals surface area (Å²) in [4.78, 5) is 11.3. The van der Waals surface area contributed by atoms with E-state index in [0.29, 0.717) is 13.0 Å². The zero-order valence-corrected chi connectivity index (χ0v) is 9.47. The molecule has 1 rings (SSSR count). The average molecular weight is 240 g/mol. The molecule has 0 heterocycles. The number of amides is 2. The maximum Gasteiger partial charge on any atom is 0.319 e. The third-order valence-corrected chi connectivity index (χ3v) is 2.01. The van der Waals surface area contributed by atoms with E-state index < -0.39 is 17.7 Å². The summed E-state index contributed by atoms with van der Waals surface area (Å²) in [5.74, 6) is -1.48. The quantitative estimate of drug-likeness (QED) is 0.616. The summed E-state index contributed by atoms with van der Waals surface area (Å²) in [6.07, 6.45) is 4.48.